The third-order valence-corrected chi connectivity index (χ3v) is 4.33. The van der Waals surface area contributed by atoms with E-state index in [2.05, 4.69) is 30.1 Å². The molecule has 2 N–H and O–H groups in total. The van der Waals surface area contributed by atoms with Gasteiger partial charge in [0.1, 0.15) is 0 Å². The van der Waals surface area contributed by atoms with E-state index in [1.165, 1.54) is 11.3 Å². The molecule has 0 unspecified atom stereocenters. The molecule has 21 heavy (non-hydrogen) atoms. The van der Waals surface area contributed by atoms with Crippen LogP contribution in [-0.4, -0.2) is 30.3 Å². The van der Waals surface area contributed by atoms with Gasteiger partial charge in [-0.3, -0.25) is 0 Å². The molecule has 1 saturated heterocycles. The second kappa shape index (κ2) is 6.99. The molecule has 0 atom stereocenters. The Hall–Kier alpha value is -0.770. The van der Waals surface area contributed by atoms with Crippen LogP contribution in [0.25, 0.3) is 0 Å². The van der Waals surface area contributed by atoms with Crippen molar-refractivity contribution < 1.29 is 5.11 Å². The third kappa shape index (κ3) is 4.87. The first-order chi connectivity index (χ1) is 9.87. The van der Waals surface area contributed by atoms with Crippen molar-refractivity contribution in [1.29, 1.82) is 0 Å². The Morgan fingerprint density at radius 2 is 2.00 bits per heavy atom. The molecule has 3 nitrogen and oxygen atoms in total. The summed E-state index contributed by atoms with van der Waals surface area (Å²) in [5.74, 6) is 0.644. The lowest BCUT2D eigenvalue weighted by molar-refractivity contribution is 0.0351. The van der Waals surface area contributed by atoms with Crippen molar-refractivity contribution in [3.05, 3.63) is 28.8 Å². The molecular weight excluding hydrogens is 284 g/mol. The summed E-state index contributed by atoms with van der Waals surface area (Å²) >= 11 is 6.18. The van der Waals surface area contributed by atoms with Crippen LogP contribution in [0.2, 0.25) is 5.02 Å². The zero-order valence-electron chi connectivity index (χ0n) is 13.3. The van der Waals surface area contributed by atoms with Gasteiger partial charge in [0.2, 0.25) is 0 Å². The van der Waals surface area contributed by atoms with Gasteiger partial charge >= 0.3 is 0 Å². The number of hydrogen-bond donors (Lipinski definition) is 2. The second-order valence-electron chi connectivity index (χ2n) is 6.78. The van der Waals surface area contributed by atoms with Crippen LogP contribution in [0.3, 0.4) is 0 Å². The van der Waals surface area contributed by atoms with Crippen molar-refractivity contribution in [3.63, 3.8) is 0 Å². The molecule has 0 saturated carbocycles. The van der Waals surface area contributed by atoms with Crippen LogP contribution >= 0.6 is 11.6 Å². The molecule has 1 fully saturated rings. The molecule has 0 spiro atoms. The van der Waals surface area contributed by atoms with E-state index in [1.54, 1.807) is 0 Å². The highest BCUT2D eigenvalue weighted by atomic mass is 35.5. The van der Waals surface area contributed by atoms with E-state index in [1.807, 2.05) is 19.1 Å². The SMILES string of the molecule is CC(C)CNCc1ccc(Cl)cc1N1CCC(C)(O)CC1. The first-order valence-electron chi connectivity index (χ1n) is 7.84. The minimum absolute atomic E-state index is 0.523. The topological polar surface area (TPSA) is 35.5 Å². The van der Waals surface area contributed by atoms with E-state index >= 15 is 0 Å². The lowest BCUT2D eigenvalue weighted by Gasteiger charge is -2.38. The standard InChI is InChI=1S/C17H27ClN2O/c1-13(2)11-19-12-14-4-5-15(18)10-16(14)20-8-6-17(3,21)7-9-20/h4-5,10,13,19,21H,6-9,11-12H2,1-3H3. The van der Waals surface area contributed by atoms with Gasteiger partial charge in [0.05, 0.1) is 5.60 Å². The van der Waals surface area contributed by atoms with Crippen LogP contribution < -0.4 is 10.2 Å². The number of benzene rings is 1. The lowest BCUT2D eigenvalue weighted by Crippen LogP contribution is -2.43. The van der Waals surface area contributed by atoms with Crippen molar-refractivity contribution in [1.82, 2.24) is 5.32 Å². The van der Waals surface area contributed by atoms with E-state index in [4.69, 9.17) is 11.6 Å². The smallest absolute Gasteiger partial charge is 0.0653 e. The van der Waals surface area contributed by atoms with Gasteiger partial charge in [0, 0.05) is 30.3 Å². The van der Waals surface area contributed by atoms with Crippen LogP contribution in [0.5, 0.6) is 0 Å². The fourth-order valence-electron chi connectivity index (χ4n) is 2.71. The Bertz CT molecular complexity index is 464. The highest BCUT2D eigenvalue weighted by Crippen LogP contribution is 2.30. The minimum atomic E-state index is -0.523. The van der Waals surface area contributed by atoms with E-state index < -0.39 is 5.60 Å². The molecule has 0 aromatic heterocycles. The molecule has 0 aliphatic carbocycles. The largest absolute Gasteiger partial charge is 0.390 e. The average Bonchev–Trinajstić information content (AvgIpc) is 2.40. The highest BCUT2D eigenvalue weighted by Gasteiger charge is 2.28. The van der Waals surface area contributed by atoms with Crippen molar-refractivity contribution in [2.45, 2.75) is 45.8 Å². The molecule has 1 heterocycles. The zero-order chi connectivity index (χ0) is 15.5. The summed E-state index contributed by atoms with van der Waals surface area (Å²) in [6.07, 6.45) is 1.61. The molecule has 0 radical (unpaired) electrons. The maximum atomic E-state index is 10.1. The van der Waals surface area contributed by atoms with Gasteiger partial charge in [-0.1, -0.05) is 31.5 Å². The van der Waals surface area contributed by atoms with Crippen molar-refractivity contribution in [2.75, 3.05) is 24.5 Å². The maximum Gasteiger partial charge on any atom is 0.0653 e. The number of nitrogens with one attached hydrogen (secondary N) is 1. The monoisotopic (exact) mass is 310 g/mol. The molecule has 1 aliphatic rings. The second-order valence-corrected chi connectivity index (χ2v) is 7.22. The maximum absolute atomic E-state index is 10.1. The highest BCUT2D eigenvalue weighted by molar-refractivity contribution is 6.30. The van der Waals surface area contributed by atoms with Crippen LogP contribution in [0.4, 0.5) is 5.69 Å². The number of halogens is 1. The summed E-state index contributed by atoms with van der Waals surface area (Å²) in [5.41, 5.74) is 1.96. The fraction of sp³-hybridized carbons (Fsp3) is 0.647. The number of aliphatic hydroxyl groups is 1. The van der Waals surface area contributed by atoms with E-state index in [9.17, 15) is 5.11 Å². The van der Waals surface area contributed by atoms with Crippen LogP contribution in [0.15, 0.2) is 18.2 Å². The molecule has 1 aliphatic heterocycles. The summed E-state index contributed by atoms with van der Waals surface area (Å²) in [5, 5.41) is 14.4. The number of rotatable bonds is 5. The number of piperidine rings is 1. The average molecular weight is 311 g/mol. The van der Waals surface area contributed by atoms with Gasteiger partial charge in [-0.2, -0.15) is 0 Å². The van der Waals surface area contributed by atoms with Gasteiger partial charge in [-0.25, -0.2) is 0 Å². The number of nitrogens with zero attached hydrogens (tertiary/aromatic N) is 1. The zero-order valence-corrected chi connectivity index (χ0v) is 14.1. The minimum Gasteiger partial charge on any atom is -0.390 e. The first kappa shape index (κ1) is 16.6. The van der Waals surface area contributed by atoms with Crippen molar-refractivity contribution >= 4 is 17.3 Å². The fourth-order valence-corrected chi connectivity index (χ4v) is 2.87. The molecule has 1 aromatic rings. The number of hydrogen-bond acceptors (Lipinski definition) is 3. The Labute approximate surface area is 133 Å². The lowest BCUT2D eigenvalue weighted by atomic mass is 9.93. The molecule has 118 valence electrons. The normalized spacial score (nSPS) is 18.3. The van der Waals surface area contributed by atoms with Crippen molar-refractivity contribution in [2.24, 2.45) is 5.92 Å². The molecule has 0 bridgehead atoms. The Morgan fingerprint density at radius 1 is 1.33 bits per heavy atom. The summed E-state index contributed by atoms with van der Waals surface area (Å²) in [4.78, 5) is 2.34. The van der Waals surface area contributed by atoms with Crippen LogP contribution in [0, 0.1) is 5.92 Å². The third-order valence-electron chi connectivity index (χ3n) is 4.10. The molecule has 2 rings (SSSR count). The molecule has 4 heteroatoms. The Morgan fingerprint density at radius 3 is 2.62 bits per heavy atom. The predicted octanol–water partition coefficient (Wildman–Crippen LogP) is 3.44. The van der Waals surface area contributed by atoms with Gasteiger partial charge in [0.15, 0.2) is 0 Å². The number of anilines is 1. The predicted molar refractivity (Wildman–Crippen MR) is 90.1 cm³/mol. The Balaban J connectivity index is 2.08. The van der Waals surface area contributed by atoms with Crippen molar-refractivity contribution in [3.8, 4) is 0 Å². The van der Waals surface area contributed by atoms with Crippen LogP contribution in [0.1, 0.15) is 39.2 Å². The van der Waals surface area contributed by atoms with E-state index in [0.29, 0.717) is 5.92 Å². The summed E-state index contributed by atoms with van der Waals surface area (Å²) < 4.78 is 0. The summed E-state index contributed by atoms with van der Waals surface area (Å²) in [6.45, 7) is 9.97. The molecule has 1 aromatic carbocycles. The first-order valence-corrected chi connectivity index (χ1v) is 8.22. The molecular formula is C17H27ClN2O. The van der Waals surface area contributed by atoms with Gasteiger partial charge in [-0.15, -0.1) is 0 Å². The molecule has 0 amide bonds. The van der Waals surface area contributed by atoms with Gasteiger partial charge in [-0.05, 0) is 49.9 Å². The van der Waals surface area contributed by atoms with E-state index in [-0.39, 0.29) is 0 Å². The van der Waals surface area contributed by atoms with E-state index in [0.717, 1.165) is 44.0 Å². The van der Waals surface area contributed by atoms with Gasteiger partial charge in [0.25, 0.3) is 0 Å². The van der Waals surface area contributed by atoms with Crippen LogP contribution in [-0.2, 0) is 6.54 Å². The summed E-state index contributed by atoms with van der Waals surface area (Å²) in [7, 11) is 0. The summed E-state index contributed by atoms with van der Waals surface area (Å²) in [6, 6.07) is 6.11. The quantitative estimate of drug-likeness (QED) is 0.874. The van der Waals surface area contributed by atoms with Gasteiger partial charge < -0.3 is 15.3 Å². The Kier molecular flexibility index (Phi) is 5.53.